The van der Waals surface area contributed by atoms with Crippen molar-refractivity contribution >= 4 is 17.7 Å². The first-order chi connectivity index (χ1) is 10.2. The Hall–Kier alpha value is -1.94. The van der Waals surface area contributed by atoms with Gasteiger partial charge in [0, 0.05) is 17.0 Å². The van der Waals surface area contributed by atoms with E-state index in [0.717, 1.165) is 11.3 Å². The zero-order valence-corrected chi connectivity index (χ0v) is 13.1. The van der Waals surface area contributed by atoms with E-state index < -0.39 is 0 Å². The standard InChI is InChI=1S/C17H19NO2S/c1-3-20-15-6-4-5-14(11-15)17(19)18-12-13-7-9-16(21-2)10-8-13/h4-11H,3,12H2,1-2H3,(H,18,19). The van der Waals surface area contributed by atoms with Crippen LogP contribution in [0.3, 0.4) is 0 Å². The van der Waals surface area contributed by atoms with Crippen molar-refractivity contribution in [2.75, 3.05) is 12.9 Å². The van der Waals surface area contributed by atoms with Crippen molar-refractivity contribution < 1.29 is 9.53 Å². The molecule has 0 aliphatic rings. The molecule has 21 heavy (non-hydrogen) atoms. The lowest BCUT2D eigenvalue weighted by molar-refractivity contribution is 0.0950. The molecule has 0 radical (unpaired) electrons. The number of rotatable bonds is 6. The third kappa shape index (κ3) is 4.53. The summed E-state index contributed by atoms with van der Waals surface area (Å²) in [5, 5.41) is 2.92. The molecule has 2 rings (SSSR count). The molecule has 110 valence electrons. The maximum atomic E-state index is 12.1. The smallest absolute Gasteiger partial charge is 0.251 e. The Labute approximate surface area is 129 Å². The van der Waals surface area contributed by atoms with Gasteiger partial charge in [-0.25, -0.2) is 0 Å². The predicted octanol–water partition coefficient (Wildman–Crippen LogP) is 3.74. The number of carbonyl (C=O) groups excluding carboxylic acids is 1. The quantitative estimate of drug-likeness (QED) is 0.826. The normalized spacial score (nSPS) is 10.2. The molecule has 0 saturated heterocycles. The second kappa shape index (κ2) is 7.74. The molecule has 0 aliphatic carbocycles. The van der Waals surface area contributed by atoms with Gasteiger partial charge < -0.3 is 10.1 Å². The fourth-order valence-electron chi connectivity index (χ4n) is 1.92. The molecule has 0 fully saturated rings. The van der Waals surface area contributed by atoms with Crippen LogP contribution in [0.15, 0.2) is 53.4 Å². The Morgan fingerprint density at radius 2 is 1.95 bits per heavy atom. The molecule has 1 amide bonds. The van der Waals surface area contributed by atoms with Crippen LogP contribution in [0.4, 0.5) is 0 Å². The molecule has 0 aromatic heterocycles. The lowest BCUT2D eigenvalue weighted by atomic mass is 10.2. The van der Waals surface area contributed by atoms with Gasteiger partial charge in [-0.3, -0.25) is 4.79 Å². The number of hydrogen-bond acceptors (Lipinski definition) is 3. The van der Waals surface area contributed by atoms with Crippen LogP contribution < -0.4 is 10.1 Å². The van der Waals surface area contributed by atoms with E-state index in [2.05, 4.69) is 17.4 Å². The Kier molecular flexibility index (Phi) is 5.69. The van der Waals surface area contributed by atoms with Crippen LogP contribution in [0.5, 0.6) is 5.75 Å². The van der Waals surface area contributed by atoms with E-state index >= 15 is 0 Å². The summed E-state index contributed by atoms with van der Waals surface area (Å²) >= 11 is 1.70. The highest BCUT2D eigenvalue weighted by Crippen LogP contribution is 2.15. The van der Waals surface area contributed by atoms with Gasteiger partial charge in [0.1, 0.15) is 5.75 Å². The summed E-state index contributed by atoms with van der Waals surface area (Å²) in [6.45, 7) is 3.03. The van der Waals surface area contributed by atoms with Gasteiger partial charge in [0.05, 0.1) is 6.61 Å². The molecule has 2 aromatic rings. The predicted molar refractivity (Wildman–Crippen MR) is 87.0 cm³/mol. The largest absolute Gasteiger partial charge is 0.494 e. The molecule has 0 unspecified atom stereocenters. The highest BCUT2D eigenvalue weighted by molar-refractivity contribution is 7.98. The maximum Gasteiger partial charge on any atom is 0.251 e. The fraction of sp³-hybridized carbons (Fsp3) is 0.235. The number of nitrogens with one attached hydrogen (secondary N) is 1. The van der Waals surface area contributed by atoms with Crippen LogP contribution in [0.1, 0.15) is 22.8 Å². The van der Waals surface area contributed by atoms with Crippen molar-refractivity contribution in [3.8, 4) is 5.75 Å². The molecule has 3 nitrogen and oxygen atoms in total. The van der Waals surface area contributed by atoms with Gasteiger partial charge in [-0.15, -0.1) is 11.8 Å². The number of carbonyl (C=O) groups is 1. The molecule has 1 N–H and O–H groups in total. The molecule has 0 bridgehead atoms. The topological polar surface area (TPSA) is 38.3 Å². The Morgan fingerprint density at radius 3 is 2.62 bits per heavy atom. The SMILES string of the molecule is CCOc1cccc(C(=O)NCc2ccc(SC)cc2)c1. The summed E-state index contributed by atoms with van der Waals surface area (Å²) in [5.74, 6) is 0.625. The number of amides is 1. The summed E-state index contributed by atoms with van der Waals surface area (Å²) in [6, 6.07) is 15.4. The summed E-state index contributed by atoms with van der Waals surface area (Å²) in [5.41, 5.74) is 1.70. The molecule has 2 aromatic carbocycles. The first kappa shape index (κ1) is 15.4. The molecule has 0 aliphatic heterocycles. The zero-order chi connectivity index (χ0) is 15.1. The number of thioether (sulfide) groups is 1. The molecule has 0 spiro atoms. The minimum absolute atomic E-state index is 0.0921. The Bertz CT molecular complexity index is 596. The summed E-state index contributed by atoms with van der Waals surface area (Å²) in [4.78, 5) is 13.3. The molecule has 4 heteroatoms. The Balaban J connectivity index is 1.95. The van der Waals surface area contributed by atoms with Crippen LogP contribution in [0.25, 0.3) is 0 Å². The van der Waals surface area contributed by atoms with Crippen LogP contribution in [-0.4, -0.2) is 18.8 Å². The maximum absolute atomic E-state index is 12.1. The average molecular weight is 301 g/mol. The van der Waals surface area contributed by atoms with Crippen molar-refractivity contribution in [2.24, 2.45) is 0 Å². The molecule has 0 heterocycles. The molecular weight excluding hydrogens is 282 g/mol. The van der Waals surface area contributed by atoms with Crippen LogP contribution >= 0.6 is 11.8 Å². The van der Waals surface area contributed by atoms with E-state index in [1.165, 1.54) is 4.90 Å². The van der Waals surface area contributed by atoms with E-state index in [1.54, 1.807) is 23.9 Å². The zero-order valence-electron chi connectivity index (χ0n) is 12.3. The number of benzene rings is 2. The average Bonchev–Trinajstić information content (AvgIpc) is 2.53. The first-order valence-electron chi connectivity index (χ1n) is 6.87. The van der Waals surface area contributed by atoms with Crippen LogP contribution in [0, 0.1) is 0 Å². The van der Waals surface area contributed by atoms with E-state index in [4.69, 9.17) is 4.74 Å². The molecular formula is C17H19NO2S. The third-order valence-corrected chi connectivity index (χ3v) is 3.76. The van der Waals surface area contributed by atoms with E-state index in [0.29, 0.717) is 18.7 Å². The van der Waals surface area contributed by atoms with Crippen molar-refractivity contribution in [1.82, 2.24) is 5.32 Å². The lowest BCUT2D eigenvalue weighted by Crippen LogP contribution is -2.22. The van der Waals surface area contributed by atoms with Gasteiger partial charge >= 0.3 is 0 Å². The van der Waals surface area contributed by atoms with Crippen LogP contribution in [-0.2, 0) is 6.54 Å². The van der Waals surface area contributed by atoms with Gasteiger partial charge in [0.2, 0.25) is 0 Å². The second-order valence-corrected chi connectivity index (χ2v) is 5.37. The van der Waals surface area contributed by atoms with Gasteiger partial charge in [0.25, 0.3) is 5.91 Å². The molecule has 0 atom stereocenters. The number of ether oxygens (including phenoxy) is 1. The third-order valence-electron chi connectivity index (χ3n) is 3.02. The van der Waals surface area contributed by atoms with Gasteiger partial charge in [-0.1, -0.05) is 18.2 Å². The lowest BCUT2D eigenvalue weighted by Gasteiger charge is -2.08. The first-order valence-corrected chi connectivity index (χ1v) is 8.09. The van der Waals surface area contributed by atoms with Crippen molar-refractivity contribution in [3.63, 3.8) is 0 Å². The van der Waals surface area contributed by atoms with Crippen LogP contribution in [0.2, 0.25) is 0 Å². The van der Waals surface area contributed by atoms with E-state index in [9.17, 15) is 4.79 Å². The van der Waals surface area contributed by atoms with E-state index in [-0.39, 0.29) is 5.91 Å². The highest BCUT2D eigenvalue weighted by atomic mass is 32.2. The van der Waals surface area contributed by atoms with E-state index in [1.807, 2.05) is 37.4 Å². The second-order valence-electron chi connectivity index (χ2n) is 4.49. The van der Waals surface area contributed by atoms with Crippen molar-refractivity contribution in [2.45, 2.75) is 18.4 Å². The molecule has 0 saturated carbocycles. The minimum Gasteiger partial charge on any atom is -0.494 e. The van der Waals surface area contributed by atoms with Gasteiger partial charge in [-0.05, 0) is 49.1 Å². The summed E-state index contributed by atoms with van der Waals surface area (Å²) in [6.07, 6.45) is 2.04. The Morgan fingerprint density at radius 1 is 1.19 bits per heavy atom. The number of hydrogen-bond donors (Lipinski definition) is 1. The fourth-order valence-corrected chi connectivity index (χ4v) is 2.33. The van der Waals surface area contributed by atoms with Gasteiger partial charge in [-0.2, -0.15) is 0 Å². The minimum atomic E-state index is -0.0921. The monoisotopic (exact) mass is 301 g/mol. The van der Waals surface area contributed by atoms with Gasteiger partial charge in [0.15, 0.2) is 0 Å². The summed E-state index contributed by atoms with van der Waals surface area (Å²) < 4.78 is 5.40. The summed E-state index contributed by atoms with van der Waals surface area (Å²) in [7, 11) is 0. The van der Waals surface area contributed by atoms with Crippen molar-refractivity contribution in [1.29, 1.82) is 0 Å². The highest BCUT2D eigenvalue weighted by Gasteiger charge is 2.06. The van der Waals surface area contributed by atoms with Crippen molar-refractivity contribution in [3.05, 3.63) is 59.7 Å².